The molecule has 1 heteroatoms. The van der Waals surface area contributed by atoms with E-state index in [0.717, 1.165) is 6.42 Å². The van der Waals surface area contributed by atoms with Crippen molar-refractivity contribution in [3.8, 4) is 0 Å². The third-order valence-corrected chi connectivity index (χ3v) is 3.33. The first-order valence-electron chi connectivity index (χ1n) is 4.43. The molecule has 0 unspecified atom stereocenters. The Morgan fingerprint density at radius 2 is 2.17 bits per heavy atom. The average Bonchev–Trinajstić information content (AvgIpc) is 2.50. The molecule has 1 aromatic rings. The third kappa shape index (κ3) is 1.98. The molecular weight excluding hydrogens is 164 g/mol. The van der Waals surface area contributed by atoms with Gasteiger partial charge in [-0.2, -0.15) is 0 Å². The van der Waals surface area contributed by atoms with Gasteiger partial charge in [-0.05, 0) is 30.0 Å². The molecule has 0 radical (unpaired) electrons. The maximum atomic E-state index is 4.08. The summed E-state index contributed by atoms with van der Waals surface area (Å²) in [5.41, 5.74) is 1.26. The Hall–Kier alpha value is -0.560. The molecule has 0 saturated heterocycles. The van der Waals surface area contributed by atoms with E-state index in [4.69, 9.17) is 0 Å². The van der Waals surface area contributed by atoms with E-state index in [1.165, 1.54) is 15.3 Å². The van der Waals surface area contributed by atoms with Crippen LogP contribution in [0.3, 0.4) is 0 Å². The Bertz CT molecular complexity index is 268. The Labute approximate surface area is 78.9 Å². The molecule has 0 aliphatic rings. The molecule has 0 fully saturated rings. The number of hydrogen-bond donors (Lipinski definition) is 0. The van der Waals surface area contributed by atoms with E-state index < -0.39 is 0 Å². The van der Waals surface area contributed by atoms with E-state index in [1.54, 1.807) is 0 Å². The molecule has 0 amide bonds. The van der Waals surface area contributed by atoms with Gasteiger partial charge in [0, 0.05) is 9.75 Å². The Kier molecular flexibility index (Phi) is 3.10. The minimum Gasteiger partial charge on any atom is -0.141 e. The van der Waals surface area contributed by atoms with Crippen molar-refractivity contribution in [3.05, 3.63) is 28.5 Å². The zero-order chi connectivity index (χ0) is 9.14. The third-order valence-electron chi connectivity index (χ3n) is 2.02. The molecule has 0 nitrogen and oxygen atoms in total. The largest absolute Gasteiger partial charge is 0.141 e. The number of aryl methyl sites for hydroxylation is 1. The average molecular weight is 180 g/mol. The van der Waals surface area contributed by atoms with Gasteiger partial charge in [0.1, 0.15) is 0 Å². The van der Waals surface area contributed by atoms with Crippen LogP contribution in [0.25, 0.3) is 5.57 Å². The maximum Gasteiger partial charge on any atom is 0.0301 e. The summed E-state index contributed by atoms with van der Waals surface area (Å²) in [6, 6.07) is 4.39. The van der Waals surface area contributed by atoms with Gasteiger partial charge in [-0.15, -0.1) is 11.3 Å². The Morgan fingerprint density at radius 1 is 1.50 bits per heavy atom. The minimum absolute atomic E-state index is 0.563. The predicted molar refractivity (Wildman–Crippen MR) is 57.6 cm³/mol. The van der Waals surface area contributed by atoms with Crippen molar-refractivity contribution >= 4 is 16.9 Å². The second-order valence-corrected chi connectivity index (χ2v) is 4.47. The quantitative estimate of drug-likeness (QED) is 0.660. The highest BCUT2D eigenvalue weighted by atomic mass is 32.1. The van der Waals surface area contributed by atoms with Crippen molar-refractivity contribution in [2.45, 2.75) is 27.2 Å². The van der Waals surface area contributed by atoms with Gasteiger partial charge in [0.2, 0.25) is 0 Å². The molecule has 12 heavy (non-hydrogen) atoms. The van der Waals surface area contributed by atoms with Crippen molar-refractivity contribution in [1.29, 1.82) is 0 Å². The topological polar surface area (TPSA) is 0 Å². The summed E-state index contributed by atoms with van der Waals surface area (Å²) in [6.45, 7) is 10.6. The summed E-state index contributed by atoms with van der Waals surface area (Å²) in [6.07, 6.45) is 1.13. The molecule has 0 spiro atoms. The second kappa shape index (κ2) is 3.90. The van der Waals surface area contributed by atoms with Gasteiger partial charge in [-0.1, -0.05) is 27.4 Å². The number of hydrogen-bond acceptors (Lipinski definition) is 1. The summed E-state index contributed by atoms with van der Waals surface area (Å²) in [5, 5.41) is 0. The number of allylic oxidation sites excluding steroid dienone is 1. The first-order valence-corrected chi connectivity index (χ1v) is 5.24. The van der Waals surface area contributed by atoms with Gasteiger partial charge < -0.3 is 0 Å². The summed E-state index contributed by atoms with van der Waals surface area (Å²) >= 11 is 1.87. The zero-order valence-electron chi connectivity index (χ0n) is 8.05. The molecule has 0 bridgehead atoms. The molecule has 0 aliphatic heterocycles. The van der Waals surface area contributed by atoms with Crippen LogP contribution in [0.5, 0.6) is 0 Å². The molecule has 0 atom stereocenters. The highest BCUT2D eigenvalue weighted by Crippen LogP contribution is 2.28. The maximum absolute atomic E-state index is 4.08. The standard InChI is InChI=1S/C11H16S/c1-5-10-6-7-11(12-10)9(4)8(2)3/h6-8H,4-5H2,1-3H3. The summed E-state index contributed by atoms with van der Waals surface area (Å²) in [4.78, 5) is 2.80. The SMILES string of the molecule is C=C(c1ccc(CC)s1)C(C)C. The van der Waals surface area contributed by atoms with Crippen molar-refractivity contribution in [3.63, 3.8) is 0 Å². The van der Waals surface area contributed by atoms with Gasteiger partial charge >= 0.3 is 0 Å². The van der Waals surface area contributed by atoms with Crippen molar-refractivity contribution < 1.29 is 0 Å². The molecular formula is C11H16S. The first kappa shape index (κ1) is 9.53. The monoisotopic (exact) mass is 180 g/mol. The molecule has 1 heterocycles. The first-order chi connectivity index (χ1) is 5.65. The number of rotatable bonds is 3. The van der Waals surface area contributed by atoms with Crippen LogP contribution < -0.4 is 0 Å². The fourth-order valence-electron chi connectivity index (χ4n) is 1.03. The molecule has 1 rings (SSSR count). The van der Waals surface area contributed by atoms with Gasteiger partial charge in [0.05, 0.1) is 0 Å². The van der Waals surface area contributed by atoms with E-state index in [-0.39, 0.29) is 0 Å². The van der Waals surface area contributed by atoms with E-state index in [9.17, 15) is 0 Å². The Balaban J connectivity index is 2.82. The molecule has 0 aromatic carbocycles. The highest BCUT2D eigenvalue weighted by Gasteiger charge is 2.05. The van der Waals surface area contributed by atoms with Crippen molar-refractivity contribution in [2.24, 2.45) is 5.92 Å². The van der Waals surface area contributed by atoms with E-state index in [0.29, 0.717) is 5.92 Å². The van der Waals surface area contributed by atoms with Crippen LogP contribution in [0.1, 0.15) is 30.5 Å². The lowest BCUT2D eigenvalue weighted by Gasteiger charge is -2.05. The van der Waals surface area contributed by atoms with Crippen LogP contribution in [0.15, 0.2) is 18.7 Å². The predicted octanol–water partition coefficient (Wildman–Crippen LogP) is 3.98. The van der Waals surface area contributed by atoms with Crippen LogP contribution in [-0.4, -0.2) is 0 Å². The smallest absolute Gasteiger partial charge is 0.0301 e. The molecule has 1 aromatic heterocycles. The lowest BCUT2D eigenvalue weighted by molar-refractivity contribution is 0.861. The van der Waals surface area contributed by atoms with Crippen molar-refractivity contribution in [2.75, 3.05) is 0 Å². The van der Waals surface area contributed by atoms with E-state index in [1.807, 2.05) is 11.3 Å². The van der Waals surface area contributed by atoms with Crippen LogP contribution >= 0.6 is 11.3 Å². The van der Waals surface area contributed by atoms with Crippen LogP contribution in [0, 0.1) is 5.92 Å². The fraction of sp³-hybridized carbons (Fsp3) is 0.455. The Morgan fingerprint density at radius 3 is 2.58 bits per heavy atom. The van der Waals surface area contributed by atoms with E-state index in [2.05, 4.69) is 39.5 Å². The van der Waals surface area contributed by atoms with Crippen molar-refractivity contribution in [1.82, 2.24) is 0 Å². The normalized spacial score (nSPS) is 10.7. The molecule has 0 N–H and O–H groups in total. The van der Waals surface area contributed by atoms with Crippen LogP contribution in [0.4, 0.5) is 0 Å². The number of thiophene rings is 1. The van der Waals surface area contributed by atoms with Gasteiger partial charge in [-0.3, -0.25) is 0 Å². The van der Waals surface area contributed by atoms with Gasteiger partial charge in [-0.25, -0.2) is 0 Å². The van der Waals surface area contributed by atoms with Gasteiger partial charge in [0.25, 0.3) is 0 Å². The zero-order valence-corrected chi connectivity index (χ0v) is 8.87. The van der Waals surface area contributed by atoms with Gasteiger partial charge in [0.15, 0.2) is 0 Å². The fourth-order valence-corrected chi connectivity index (χ4v) is 2.09. The molecule has 66 valence electrons. The summed E-state index contributed by atoms with van der Waals surface area (Å²) in [5.74, 6) is 0.563. The second-order valence-electron chi connectivity index (χ2n) is 3.30. The van der Waals surface area contributed by atoms with Crippen LogP contribution in [-0.2, 0) is 6.42 Å². The summed E-state index contributed by atoms with van der Waals surface area (Å²) in [7, 11) is 0. The molecule has 0 saturated carbocycles. The van der Waals surface area contributed by atoms with E-state index >= 15 is 0 Å². The summed E-state index contributed by atoms with van der Waals surface area (Å²) < 4.78 is 0. The lowest BCUT2D eigenvalue weighted by Crippen LogP contribution is -1.87. The lowest BCUT2D eigenvalue weighted by atomic mass is 10.0. The highest BCUT2D eigenvalue weighted by molar-refractivity contribution is 7.13. The van der Waals surface area contributed by atoms with Crippen LogP contribution in [0.2, 0.25) is 0 Å². The molecule has 0 aliphatic carbocycles. The minimum atomic E-state index is 0.563.